The van der Waals surface area contributed by atoms with E-state index in [1.807, 2.05) is 13.8 Å². The molecule has 0 spiro atoms. The van der Waals surface area contributed by atoms with Crippen LogP contribution in [0.15, 0.2) is 18.2 Å². The van der Waals surface area contributed by atoms with Gasteiger partial charge in [-0.2, -0.15) is 0 Å². The molecule has 0 aliphatic heterocycles. The van der Waals surface area contributed by atoms with Crippen molar-refractivity contribution in [1.29, 1.82) is 0 Å². The van der Waals surface area contributed by atoms with Crippen molar-refractivity contribution in [3.63, 3.8) is 0 Å². The highest BCUT2D eigenvalue weighted by Gasteiger charge is 2.12. The van der Waals surface area contributed by atoms with Gasteiger partial charge in [0.2, 0.25) is 0 Å². The van der Waals surface area contributed by atoms with Crippen LogP contribution in [0.1, 0.15) is 17.0 Å². The molecule has 0 bridgehead atoms. The molecule has 1 aromatic heterocycles. The second kappa shape index (κ2) is 4.22. The minimum absolute atomic E-state index is 0.277. The van der Waals surface area contributed by atoms with Gasteiger partial charge in [-0.05, 0) is 31.5 Å². The molecule has 3 nitrogen and oxygen atoms in total. The normalized spacial score (nSPS) is 10.8. The van der Waals surface area contributed by atoms with Crippen LogP contribution in [0.3, 0.4) is 0 Å². The summed E-state index contributed by atoms with van der Waals surface area (Å²) in [6.07, 6.45) is 0. The summed E-state index contributed by atoms with van der Waals surface area (Å²) < 4.78 is 15.1. The molecule has 0 aliphatic carbocycles. The summed E-state index contributed by atoms with van der Waals surface area (Å²) in [4.78, 5) is 0. The van der Waals surface area contributed by atoms with Crippen molar-refractivity contribution in [3.05, 3.63) is 41.0 Å². The summed E-state index contributed by atoms with van der Waals surface area (Å²) in [7, 11) is 0. The van der Waals surface area contributed by atoms with Crippen LogP contribution in [-0.2, 0) is 5.88 Å². The van der Waals surface area contributed by atoms with E-state index in [-0.39, 0.29) is 11.7 Å². The Kier molecular flexibility index (Phi) is 2.92. The van der Waals surface area contributed by atoms with Crippen molar-refractivity contribution in [2.24, 2.45) is 0 Å². The summed E-state index contributed by atoms with van der Waals surface area (Å²) in [6, 6.07) is 4.87. The van der Waals surface area contributed by atoms with Crippen molar-refractivity contribution >= 4 is 11.6 Å². The standard InChI is InChI=1S/C11H11ClFN3/c1-7-3-4-9(13)11(5-7)16-8(2)10(6-12)14-15-16/h3-5H,6H2,1-2H3. The zero-order chi connectivity index (χ0) is 11.7. The fourth-order valence-corrected chi connectivity index (χ4v) is 1.74. The Hall–Kier alpha value is -1.42. The van der Waals surface area contributed by atoms with Gasteiger partial charge >= 0.3 is 0 Å². The van der Waals surface area contributed by atoms with E-state index in [2.05, 4.69) is 10.3 Å². The van der Waals surface area contributed by atoms with Gasteiger partial charge in [-0.1, -0.05) is 11.3 Å². The van der Waals surface area contributed by atoms with Gasteiger partial charge in [-0.15, -0.1) is 16.7 Å². The molecule has 0 radical (unpaired) electrons. The summed E-state index contributed by atoms with van der Waals surface area (Å²) in [5.74, 6) is -0.0426. The predicted molar refractivity (Wildman–Crippen MR) is 60.3 cm³/mol. The Morgan fingerprint density at radius 2 is 2.12 bits per heavy atom. The largest absolute Gasteiger partial charge is 0.215 e. The van der Waals surface area contributed by atoms with Crippen molar-refractivity contribution < 1.29 is 4.39 Å². The van der Waals surface area contributed by atoms with Crippen LogP contribution >= 0.6 is 11.6 Å². The Labute approximate surface area is 97.8 Å². The molecule has 84 valence electrons. The monoisotopic (exact) mass is 239 g/mol. The topological polar surface area (TPSA) is 30.7 Å². The van der Waals surface area contributed by atoms with Gasteiger partial charge in [0, 0.05) is 0 Å². The lowest BCUT2D eigenvalue weighted by atomic mass is 10.2. The summed E-state index contributed by atoms with van der Waals surface area (Å²) in [5.41, 5.74) is 2.81. The van der Waals surface area contributed by atoms with Gasteiger partial charge in [0.25, 0.3) is 0 Å². The third-order valence-electron chi connectivity index (χ3n) is 2.45. The van der Waals surface area contributed by atoms with Crippen LogP contribution in [0.5, 0.6) is 0 Å². The highest BCUT2D eigenvalue weighted by Crippen LogP contribution is 2.17. The highest BCUT2D eigenvalue weighted by atomic mass is 35.5. The number of aromatic nitrogens is 3. The Morgan fingerprint density at radius 3 is 2.75 bits per heavy atom. The number of halogens is 2. The number of benzene rings is 1. The van der Waals surface area contributed by atoms with Crippen molar-refractivity contribution in [3.8, 4) is 5.69 Å². The van der Waals surface area contributed by atoms with E-state index in [1.54, 1.807) is 12.1 Å². The molecule has 5 heteroatoms. The van der Waals surface area contributed by atoms with Crippen molar-refractivity contribution in [2.45, 2.75) is 19.7 Å². The van der Waals surface area contributed by atoms with Gasteiger partial charge < -0.3 is 0 Å². The van der Waals surface area contributed by atoms with Crippen LogP contribution in [-0.4, -0.2) is 15.0 Å². The fraction of sp³-hybridized carbons (Fsp3) is 0.273. The molecule has 2 aromatic rings. The van der Waals surface area contributed by atoms with E-state index in [4.69, 9.17) is 11.6 Å². The molecular formula is C11H11ClFN3. The lowest BCUT2D eigenvalue weighted by Gasteiger charge is -2.05. The number of aryl methyl sites for hydroxylation is 1. The number of hydrogen-bond acceptors (Lipinski definition) is 2. The Morgan fingerprint density at radius 1 is 1.38 bits per heavy atom. The predicted octanol–water partition coefficient (Wildman–Crippen LogP) is 2.76. The van der Waals surface area contributed by atoms with Crippen LogP contribution < -0.4 is 0 Å². The second-order valence-corrected chi connectivity index (χ2v) is 3.89. The first-order chi connectivity index (χ1) is 7.63. The molecule has 1 aromatic carbocycles. The molecular weight excluding hydrogens is 229 g/mol. The Bertz CT molecular complexity index is 522. The first-order valence-electron chi connectivity index (χ1n) is 4.87. The summed E-state index contributed by atoms with van der Waals surface area (Å²) in [5, 5.41) is 7.80. The number of alkyl halides is 1. The molecule has 0 saturated carbocycles. The smallest absolute Gasteiger partial charge is 0.148 e. The van der Waals surface area contributed by atoms with E-state index in [0.29, 0.717) is 11.4 Å². The van der Waals surface area contributed by atoms with E-state index < -0.39 is 0 Å². The number of nitrogens with zero attached hydrogens (tertiary/aromatic N) is 3. The summed E-state index contributed by atoms with van der Waals surface area (Å²) in [6.45, 7) is 3.72. The molecule has 2 rings (SSSR count). The Balaban J connectivity index is 2.58. The second-order valence-electron chi connectivity index (χ2n) is 3.62. The first kappa shape index (κ1) is 11.1. The third kappa shape index (κ3) is 1.80. The molecule has 0 unspecified atom stereocenters. The maximum Gasteiger partial charge on any atom is 0.148 e. The quantitative estimate of drug-likeness (QED) is 0.755. The van der Waals surface area contributed by atoms with Crippen LogP contribution in [0.4, 0.5) is 4.39 Å². The van der Waals surface area contributed by atoms with E-state index in [0.717, 1.165) is 11.3 Å². The first-order valence-corrected chi connectivity index (χ1v) is 5.40. The lowest BCUT2D eigenvalue weighted by molar-refractivity contribution is 0.604. The lowest BCUT2D eigenvalue weighted by Crippen LogP contribution is -2.02. The molecule has 1 heterocycles. The van der Waals surface area contributed by atoms with E-state index in [1.165, 1.54) is 10.7 Å². The maximum atomic E-state index is 13.6. The molecule has 0 fully saturated rings. The van der Waals surface area contributed by atoms with Crippen LogP contribution in [0.2, 0.25) is 0 Å². The number of rotatable bonds is 2. The summed E-state index contributed by atoms with van der Waals surface area (Å²) >= 11 is 5.69. The van der Waals surface area contributed by atoms with Gasteiger partial charge in [0.05, 0.1) is 11.6 Å². The molecule has 0 aliphatic rings. The molecule has 0 saturated heterocycles. The van der Waals surface area contributed by atoms with Gasteiger partial charge in [0.15, 0.2) is 0 Å². The van der Waals surface area contributed by atoms with Gasteiger partial charge in [-0.3, -0.25) is 0 Å². The van der Waals surface area contributed by atoms with Gasteiger partial charge in [0.1, 0.15) is 17.2 Å². The SMILES string of the molecule is Cc1ccc(F)c(-n2nnc(CCl)c2C)c1. The number of hydrogen-bond donors (Lipinski definition) is 0. The van der Waals surface area contributed by atoms with Crippen LogP contribution in [0, 0.1) is 19.7 Å². The molecule has 0 atom stereocenters. The third-order valence-corrected chi connectivity index (χ3v) is 2.70. The average molecular weight is 240 g/mol. The van der Waals surface area contributed by atoms with Crippen LogP contribution in [0.25, 0.3) is 5.69 Å². The van der Waals surface area contributed by atoms with E-state index in [9.17, 15) is 4.39 Å². The molecule has 16 heavy (non-hydrogen) atoms. The fourth-order valence-electron chi connectivity index (χ4n) is 1.50. The van der Waals surface area contributed by atoms with Crippen molar-refractivity contribution in [2.75, 3.05) is 0 Å². The zero-order valence-corrected chi connectivity index (χ0v) is 9.79. The highest BCUT2D eigenvalue weighted by molar-refractivity contribution is 6.16. The van der Waals surface area contributed by atoms with Gasteiger partial charge in [-0.25, -0.2) is 9.07 Å². The van der Waals surface area contributed by atoms with E-state index >= 15 is 0 Å². The maximum absolute atomic E-state index is 13.6. The minimum Gasteiger partial charge on any atom is -0.215 e. The molecule has 0 amide bonds. The van der Waals surface area contributed by atoms with Crippen molar-refractivity contribution in [1.82, 2.24) is 15.0 Å². The zero-order valence-electron chi connectivity index (χ0n) is 9.04. The average Bonchev–Trinajstić information content (AvgIpc) is 2.63. The molecule has 0 N–H and O–H groups in total. The minimum atomic E-state index is -0.320.